The van der Waals surface area contributed by atoms with Crippen LogP contribution in [0.2, 0.25) is 0 Å². The average Bonchev–Trinajstić information content (AvgIpc) is 2.14. The molecule has 0 spiro atoms. The Balaban J connectivity index is 2.41. The lowest BCUT2D eigenvalue weighted by molar-refractivity contribution is -0.136. The van der Waals surface area contributed by atoms with Crippen molar-refractivity contribution in [3.8, 4) is 0 Å². The number of carboxylic acid groups (broad SMARTS) is 1. The highest BCUT2D eigenvalue weighted by molar-refractivity contribution is 8.01. The third-order valence-corrected chi connectivity index (χ3v) is 3.34. The van der Waals surface area contributed by atoms with Gasteiger partial charge in [-0.3, -0.25) is 14.9 Å². The van der Waals surface area contributed by atoms with Crippen molar-refractivity contribution in [2.75, 3.05) is 6.54 Å². The minimum Gasteiger partial charge on any atom is -0.480 e. The van der Waals surface area contributed by atoms with Gasteiger partial charge in [0, 0.05) is 13.0 Å². The van der Waals surface area contributed by atoms with Crippen molar-refractivity contribution >= 4 is 23.6 Å². The highest BCUT2D eigenvalue weighted by Gasteiger charge is 2.24. The van der Waals surface area contributed by atoms with Crippen LogP contribution in [0.4, 0.5) is 0 Å². The number of nitrogens with one attached hydrogen (secondary N) is 2. The van der Waals surface area contributed by atoms with Gasteiger partial charge in [-0.25, -0.2) is 0 Å². The monoisotopic (exact) mass is 218 g/mol. The van der Waals surface area contributed by atoms with Gasteiger partial charge >= 0.3 is 5.97 Å². The highest BCUT2D eigenvalue weighted by atomic mass is 32.2. The van der Waals surface area contributed by atoms with E-state index in [1.54, 1.807) is 0 Å². The predicted octanol–water partition coefficient (Wildman–Crippen LogP) is -0.0241. The quantitative estimate of drug-likeness (QED) is 0.618. The lowest BCUT2D eigenvalue weighted by Crippen LogP contribution is -2.50. The van der Waals surface area contributed by atoms with Crippen molar-refractivity contribution < 1.29 is 14.7 Å². The maximum absolute atomic E-state index is 11.0. The fraction of sp³-hybridized carbons (Fsp3) is 0.750. The van der Waals surface area contributed by atoms with Crippen molar-refractivity contribution in [2.45, 2.75) is 30.5 Å². The van der Waals surface area contributed by atoms with Gasteiger partial charge in [0.25, 0.3) is 0 Å². The lowest BCUT2D eigenvalue weighted by Gasteiger charge is -2.26. The number of carboxylic acids is 1. The van der Waals surface area contributed by atoms with E-state index in [1.807, 2.05) is 6.92 Å². The number of hydrogen-bond donors (Lipinski definition) is 3. The summed E-state index contributed by atoms with van der Waals surface area (Å²) in [5, 5.41) is 14.1. The Morgan fingerprint density at radius 1 is 1.79 bits per heavy atom. The van der Waals surface area contributed by atoms with Crippen LogP contribution in [0.3, 0.4) is 0 Å². The Kier molecular flexibility index (Phi) is 4.21. The molecule has 5 nitrogen and oxygen atoms in total. The average molecular weight is 218 g/mol. The molecule has 0 aliphatic carbocycles. The Bertz CT molecular complexity index is 235. The molecule has 6 heteroatoms. The second-order valence-electron chi connectivity index (χ2n) is 3.02. The number of hydrogen-bond acceptors (Lipinski definition) is 4. The van der Waals surface area contributed by atoms with Crippen molar-refractivity contribution in [3.05, 3.63) is 0 Å². The molecule has 1 rings (SSSR count). The first kappa shape index (κ1) is 11.3. The highest BCUT2D eigenvalue weighted by Crippen LogP contribution is 2.19. The maximum atomic E-state index is 11.0. The molecule has 2 unspecified atom stereocenters. The zero-order valence-electron chi connectivity index (χ0n) is 7.95. The van der Waals surface area contributed by atoms with E-state index < -0.39 is 11.2 Å². The van der Waals surface area contributed by atoms with E-state index in [0.29, 0.717) is 19.4 Å². The molecule has 1 aliphatic rings. The summed E-state index contributed by atoms with van der Waals surface area (Å²) in [5.41, 5.74) is -0.266. The van der Waals surface area contributed by atoms with Crippen LogP contribution in [0.5, 0.6) is 0 Å². The van der Waals surface area contributed by atoms with Crippen LogP contribution in [-0.4, -0.2) is 34.3 Å². The third-order valence-electron chi connectivity index (χ3n) is 1.92. The van der Waals surface area contributed by atoms with Gasteiger partial charge in [0.1, 0.15) is 10.7 Å². The first-order valence-electron chi connectivity index (χ1n) is 4.54. The fourth-order valence-corrected chi connectivity index (χ4v) is 2.21. The van der Waals surface area contributed by atoms with Gasteiger partial charge in [0.2, 0.25) is 5.91 Å². The summed E-state index contributed by atoms with van der Waals surface area (Å²) in [4.78, 5) is 21.7. The normalized spacial score (nSPS) is 24.1. The van der Waals surface area contributed by atoms with E-state index in [2.05, 4.69) is 10.6 Å². The van der Waals surface area contributed by atoms with Crippen LogP contribution in [0.1, 0.15) is 19.8 Å². The Hall–Kier alpha value is -0.750. The van der Waals surface area contributed by atoms with Crippen LogP contribution < -0.4 is 10.6 Å². The molecule has 1 fully saturated rings. The molecule has 3 N–H and O–H groups in total. The molecule has 1 amide bonds. The zero-order chi connectivity index (χ0) is 10.6. The number of thioether (sulfide) groups is 1. The standard InChI is InChI=1S/C8H14N2O3S/c1-2-5(7(12)13)14-8-9-4-3-6(11)10-8/h5,8-9H,2-4H2,1H3,(H,10,11)(H,12,13). The van der Waals surface area contributed by atoms with Crippen molar-refractivity contribution in [3.63, 3.8) is 0 Å². The number of amides is 1. The minimum atomic E-state index is -0.834. The predicted molar refractivity (Wildman–Crippen MR) is 53.9 cm³/mol. The van der Waals surface area contributed by atoms with Crippen LogP contribution in [0, 0.1) is 0 Å². The molecule has 0 aromatic heterocycles. The summed E-state index contributed by atoms with van der Waals surface area (Å²) in [7, 11) is 0. The van der Waals surface area contributed by atoms with E-state index in [4.69, 9.17) is 5.11 Å². The van der Waals surface area contributed by atoms with E-state index in [0.717, 1.165) is 0 Å². The number of aliphatic carboxylic acids is 1. The number of carbonyl (C=O) groups is 2. The molecule has 0 bridgehead atoms. The number of carbonyl (C=O) groups excluding carboxylic acids is 1. The molecule has 80 valence electrons. The van der Waals surface area contributed by atoms with Gasteiger partial charge in [-0.15, -0.1) is 11.8 Å². The van der Waals surface area contributed by atoms with E-state index in [9.17, 15) is 9.59 Å². The molecule has 1 heterocycles. The fourth-order valence-electron chi connectivity index (χ4n) is 1.16. The largest absolute Gasteiger partial charge is 0.480 e. The topological polar surface area (TPSA) is 78.4 Å². The summed E-state index contributed by atoms with van der Waals surface area (Å²) in [6, 6.07) is 0. The van der Waals surface area contributed by atoms with Crippen molar-refractivity contribution in [1.82, 2.24) is 10.6 Å². The molecule has 1 saturated heterocycles. The molecule has 14 heavy (non-hydrogen) atoms. The minimum absolute atomic E-state index is 0.0264. The van der Waals surface area contributed by atoms with Gasteiger partial charge in [0.15, 0.2) is 0 Å². The first-order chi connectivity index (χ1) is 6.63. The van der Waals surface area contributed by atoms with Gasteiger partial charge in [-0.05, 0) is 6.42 Å². The van der Waals surface area contributed by atoms with Gasteiger partial charge < -0.3 is 10.4 Å². The van der Waals surface area contributed by atoms with Crippen LogP contribution in [-0.2, 0) is 9.59 Å². The Morgan fingerprint density at radius 3 is 3.00 bits per heavy atom. The molecule has 1 aliphatic heterocycles. The Labute approximate surface area is 86.6 Å². The first-order valence-corrected chi connectivity index (χ1v) is 5.48. The molecule has 0 aromatic rings. The SMILES string of the molecule is CCC(SC1NCCC(=O)N1)C(=O)O. The molecule has 0 saturated carbocycles. The van der Waals surface area contributed by atoms with Gasteiger partial charge in [-0.1, -0.05) is 6.92 Å². The van der Waals surface area contributed by atoms with Crippen LogP contribution in [0.15, 0.2) is 0 Å². The molecular formula is C8H14N2O3S. The van der Waals surface area contributed by atoms with Crippen molar-refractivity contribution in [2.24, 2.45) is 0 Å². The zero-order valence-corrected chi connectivity index (χ0v) is 8.76. The second-order valence-corrected chi connectivity index (χ2v) is 4.34. The van der Waals surface area contributed by atoms with E-state index in [-0.39, 0.29) is 11.4 Å². The van der Waals surface area contributed by atoms with E-state index >= 15 is 0 Å². The van der Waals surface area contributed by atoms with Crippen LogP contribution >= 0.6 is 11.8 Å². The van der Waals surface area contributed by atoms with Gasteiger partial charge in [0.05, 0.1) is 0 Å². The van der Waals surface area contributed by atoms with Crippen molar-refractivity contribution in [1.29, 1.82) is 0 Å². The summed E-state index contributed by atoms with van der Waals surface area (Å²) in [6.07, 6.45) is 1.01. The third kappa shape index (κ3) is 3.19. The Morgan fingerprint density at radius 2 is 2.50 bits per heavy atom. The van der Waals surface area contributed by atoms with E-state index in [1.165, 1.54) is 11.8 Å². The summed E-state index contributed by atoms with van der Waals surface area (Å²) in [6.45, 7) is 2.43. The molecule has 0 radical (unpaired) electrons. The second kappa shape index (κ2) is 5.21. The van der Waals surface area contributed by atoms with Crippen LogP contribution in [0.25, 0.3) is 0 Å². The molecule has 2 atom stereocenters. The summed E-state index contributed by atoms with van der Waals surface area (Å²) < 4.78 is 0. The van der Waals surface area contributed by atoms with Gasteiger partial charge in [-0.2, -0.15) is 0 Å². The molecule has 0 aromatic carbocycles. The molecular weight excluding hydrogens is 204 g/mol. The smallest absolute Gasteiger partial charge is 0.316 e. The summed E-state index contributed by atoms with van der Waals surface area (Å²) in [5.74, 6) is -0.861. The maximum Gasteiger partial charge on any atom is 0.316 e. The summed E-state index contributed by atoms with van der Waals surface area (Å²) >= 11 is 1.23. The lowest BCUT2D eigenvalue weighted by atomic mass is 10.3. The number of rotatable bonds is 4.